The summed E-state index contributed by atoms with van der Waals surface area (Å²) in [6, 6.07) is 8.82. The van der Waals surface area contributed by atoms with Gasteiger partial charge >= 0.3 is 0 Å². The van der Waals surface area contributed by atoms with E-state index in [-0.39, 0.29) is 22.1 Å². The third-order valence-corrected chi connectivity index (χ3v) is 3.69. The lowest BCUT2D eigenvalue weighted by atomic mass is 10.1. The molecule has 0 bridgehead atoms. The number of carbonyl (C=O) groups is 1. The summed E-state index contributed by atoms with van der Waals surface area (Å²) in [7, 11) is 1.60. The number of nitrogens with one attached hydrogen (secondary N) is 1. The van der Waals surface area contributed by atoms with Crippen molar-refractivity contribution in [3.05, 3.63) is 57.8 Å². The van der Waals surface area contributed by atoms with Crippen LogP contribution in [0.1, 0.15) is 28.9 Å². The monoisotopic (exact) mass is 324 g/mol. The summed E-state index contributed by atoms with van der Waals surface area (Å²) in [5.41, 5.74) is 1.30. The SMILES string of the molecule is COc1cccc(C(C)NC(=O)c2cnc(Cl)c(Cl)c2)c1. The Morgan fingerprint density at radius 3 is 2.76 bits per heavy atom. The summed E-state index contributed by atoms with van der Waals surface area (Å²) in [5.74, 6) is 0.473. The second kappa shape index (κ2) is 6.78. The largest absolute Gasteiger partial charge is 0.497 e. The smallest absolute Gasteiger partial charge is 0.253 e. The predicted molar refractivity (Wildman–Crippen MR) is 83.1 cm³/mol. The van der Waals surface area contributed by atoms with Gasteiger partial charge in [0.15, 0.2) is 0 Å². The van der Waals surface area contributed by atoms with E-state index in [0.29, 0.717) is 5.56 Å². The Balaban J connectivity index is 2.12. The van der Waals surface area contributed by atoms with Crippen LogP contribution in [-0.2, 0) is 0 Å². The van der Waals surface area contributed by atoms with Crippen molar-refractivity contribution in [1.82, 2.24) is 10.3 Å². The zero-order valence-corrected chi connectivity index (χ0v) is 13.1. The van der Waals surface area contributed by atoms with Gasteiger partial charge in [0.1, 0.15) is 10.9 Å². The average Bonchev–Trinajstić information content (AvgIpc) is 2.49. The Bertz CT molecular complexity index is 662. The molecule has 1 amide bonds. The molecule has 0 fully saturated rings. The Hall–Kier alpha value is -1.78. The van der Waals surface area contributed by atoms with Crippen molar-refractivity contribution in [2.75, 3.05) is 7.11 Å². The van der Waals surface area contributed by atoms with Crippen molar-refractivity contribution in [3.8, 4) is 5.75 Å². The standard InChI is InChI=1S/C15H14Cl2N2O2/c1-9(10-4-3-5-12(6-10)21-2)19-15(20)11-7-13(16)14(17)18-8-11/h3-9H,1-2H3,(H,19,20). The Morgan fingerprint density at radius 1 is 1.33 bits per heavy atom. The zero-order valence-electron chi connectivity index (χ0n) is 11.6. The number of pyridine rings is 1. The summed E-state index contributed by atoms with van der Waals surface area (Å²) in [5, 5.41) is 3.30. The Kier molecular flexibility index (Phi) is 5.04. The van der Waals surface area contributed by atoms with E-state index in [1.807, 2.05) is 31.2 Å². The van der Waals surface area contributed by atoms with E-state index in [1.54, 1.807) is 7.11 Å². The fourth-order valence-corrected chi connectivity index (χ4v) is 2.09. The molecule has 1 atom stereocenters. The molecular weight excluding hydrogens is 311 g/mol. The molecule has 0 aliphatic heterocycles. The van der Waals surface area contributed by atoms with Gasteiger partial charge in [-0.15, -0.1) is 0 Å². The molecule has 0 spiro atoms. The van der Waals surface area contributed by atoms with Gasteiger partial charge in [-0.2, -0.15) is 0 Å². The Morgan fingerprint density at radius 2 is 2.10 bits per heavy atom. The third kappa shape index (κ3) is 3.86. The van der Waals surface area contributed by atoms with Crippen LogP contribution in [0.2, 0.25) is 10.2 Å². The molecule has 1 N–H and O–H groups in total. The van der Waals surface area contributed by atoms with Crippen molar-refractivity contribution in [2.45, 2.75) is 13.0 Å². The number of ether oxygens (including phenoxy) is 1. The Labute approximate surface area is 133 Å². The number of aromatic nitrogens is 1. The molecule has 6 heteroatoms. The molecule has 21 heavy (non-hydrogen) atoms. The first kappa shape index (κ1) is 15.6. The quantitative estimate of drug-likeness (QED) is 0.868. The van der Waals surface area contributed by atoms with Crippen LogP contribution in [0.3, 0.4) is 0 Å². The van der Waals surface area contributed by atoms with Crippen molar-refractivity contribution in [3.63, 3.8) is 0 Å². The molecule has 1 unspecified atom stereocenters. The van der Waals surface area contributed by atoms with Gasteiger partial charge in [0.05, 0.1) is 23.7 Å². The van der Waals surface area contributed by atoms with Gasteiger partial charge in [-0.25, -0.2) is 4.98 Å². The number of rotatable bonds is 4. The van der Waals surface area contributed by atoms with Crippen LogP contribution in [0.5, 0.6) is 5.75 Å². The molecule has 2 rings (SSSR count). The summed E-state index contributed by atoms with van der Waals surface area (Å²) in [4.78, 5) is 16.0. The van der Waals surface area contributed by atoms with Crippen LogP contribution in [0.25, 0.3) is 0 Å². The van der Waals surface area contributed by atoms with Gasteiger partial charge in [0.25, 0.3) is 5.91 Å². The summed E-state index contributed by atoms with van der Waals surface area (Å²) in [6.45, 7) is 1.89. The molecule has 0 radical (unpaired) electrons. The molecular formula is C15H14Cl2N2O2. The summed E-state index contributed by atoms with van der Waals surface area (Å²) >= 11 is 11.6. The number of carbonyl (C=O) groups excluding carboxylic acids is 1. The highest BCUT2D eigenvalue weighted by Crippen LogP contribution is 2.21. The number of halogens is 2. The molecule has 2 aromatic rings. The minimum Gasteiger partial charge on any atom is -0.497 e. The lowest BCUT2D eigenvalue weighted by Crippen LogP contribution is -2.26. The third-order valence-electron chi connectivity index (χ3n) is 3.00. The molecule has 0 aliphatic rings. The van der Waals surface area contributed by atoms with Gasteiger partial charge in [-0.3, -0.25) is 4.79 Å². The molecule has 0 saturated heterocycles. The van der Waals surface area contributed by atoms with E-state index in [1.165, 1.54) is 12.3 Å². The van der Waals surface area contributed by atoms with Gasteiger partial charge in [0.2, 0.25) is 0 Å². The van der Waals surface area contributed by atoms with E-state index in [4.69, 9.17) is 27.9 Å². The van der Waals surface area contributed by atoms with E-state index in [2.05, 4.69) is 10.3 Å². The minimum atomic E-state index is -0.267. The number of nitrogens with zero attached hydrogens (tertiary/aromatic N) is 1. The van der Waals surface area contributed by atoms with Crippen LogP contribution in [0.15, 0.2) is 36.5 Å². The molecule has 4 nitrogen and oxygen atoms in total. The van der Waals surface area contributed by atoms with E-state index in [9.17, 15) is 4.79 Å². The number of hydrogen-bond donors (Lipinski definition) is 1. The number of benzene rings is 1. The van der Waals surface area contributed by atoms with Crippen molar-refractivity contribution >= 4 is 29.1 Å². The minimum absolute atomic E-state index is 0.175. The fourth-order valence-electron chi connectivity index (χ4n) is 1.82. The van der Waals surface area contributed by atoms with Gasteiger partial charge in [0, 0.05) is 6.20 Å². The first-order valence-corrected chi connectivity index (χ1v) is 7.02. The van der Waals surface area contributed by atoms with Crippen LogP contribution >= 0.6 is 23.2 Å². The molecule has 0 aliphatic carbocycles. The normalized spacial score (nSPS) is 11.8. The second-order valence-electron chi connectivity index (χ2n) is 4.47. The highest BCUT2D eigenvalue weighted by Gasteiger charge is 2.13. The highest BCUT2D eigenvalue weighted by molar-refractivity contribution is 6.41. The van der Waals surface area contributed by atoms with Crippen molar-refractivity contribution < 1.29 is 9.53 Å². The van der Waals surface area contributed by atoms with Crippen LogP contribution in [0.4, 0.5) is 0 Å². The van der Waals surface area contributed by atoms with Crippen LogP contribution in [0, 0.1) is 0 Å². The molecule has 1 aromatic carbocycles. The second-order valence-corrected chi connectivity index (χ2v) is 5.23. The first-order chi connectivity index (χ1) is 10.0. The number of hydrogen-bond acceptors (Lipinski definition) is 3. The lowest BCUT2D eigenvalue weighted by Gasteiger charge is -2.15. The number of methoxy groups -OCH3 is 1. The summed E-state index contributed by atoms with van der Waals surface area (Å²) < 4.78 is 5.17. The fraction of sp³-hybridized carbons (Fsp3) is 0.200. The zero-order chi connectivity index (χ0) is 15.4. The van der Waals surface area contributed by atoms with Crippen molar-refractivity contribution in [1.29, 1.82) is 0 Å². The maximum absolute atomic E-state index is 12.2. The molecule has 0 saturated carbocycles. The topological polar surface area (TPSA) is 51.2 Å². The van der Waals surface area contributed by atoms with E-state index >= 15 is 0 Å². The van der Waals surface area contributed by atoms with E-state index < -0.39 is 0 Å². The first-order valence-electron chi connectivity index (χ1n) is 6.27. The van der Waals surface area contributed by atoms with Gasteiger partial charge in [-0.1, -0.05) is 35.3 Å². The van der Waals surface area contributed by atoms with Crippen molar-refractivity contribution in [2.24, 2.45) is 0 Å². The maximum atomic E-state index is 12.2. The number of amides is 1. The molecule has 1 heterocycles. The maximum Gasteiger partial charge on any atom is 0.253 e. The lowest BCUT2D eigenvalue weighted by molar-refractivity contribution is 0.0939. The van der Waals surface area contributed by atoms with E-state index in [0.717, 1.165) is 11.3 Å². The van der Waals surface area contributed by atoms with Crippen LogP contribution < -0.4 is 10.1 Å². The highest BCUT2D eigenvalue weighted by atomic mass is 35.5. The van der Waals surface area contributed by atoms with Crippen LogP contribution in [-0.4, -0.2) is 18.0 Å². The predicted octanol–water partition coefficient (Wildman–Crippen LogP) is 3.89. The summed E-state index contributed by atoms with van der Waals surface area (Å²) in [6.07, 6.45) is 1.39. The average molecular weight is 325 g/mol. The van der Waals surface area contributed by atoms with Gasteiger partial charge < -0.3 is 10.1 Å². The molecule has 110 valence electrons. The van der Waals surface area contributed by atoms with Gasteiger partial charge in [-0.05, 0) is 30.7 Å². The molecule has 1 aromatic heterocycles.